The van der Waals surface area contributed by atoms with Crippen molar-refractivity contribution >= 4 is 21.7 Å². The maximum atomic E-state index is 11.2. The number of rotatable bonds is 5. The maximum absolute atomic E-state index is 11.2. The predicted molar refractivity (Wildman–Crippen MR) is 69.9 cm³/mol. The van der Waals surface area contributed by atoms with Crippen LogP contribution in [0.5, 0.6) is 5.75 Å². The number of hydrogen-bond donors (Lipinski definition) is 2. The van der Waals surface area contributed by atoms with Crippen LogP contribution in [0.15, 0.2) is 18.2 Å². The number of sulfonamides is 1. The molecule has 0 aromatic heterocycles. The lowest BCUT2D eigenvalue weighted by molar-refractivity contribution is -0.138. The van der Waals surface area contributed by atoms with Gasteiger partial charge in [0.2, 0.25) is 10.0 Å². The molecule has 1 aromatic carbocycles. The Morgan fingerprint density at radius 2 is 2.16 bits per heavy atom. The summed E-state index contributed by atoms with van der Waals surface area (Å²) in [4.78, 5) is 10.8. The van der Waals surface area contributed by atoms with Crippen molar-refractivity contribution < 1.29 is 23.1 Å². The van der Waals surface area contributed by atoms with E-state index in [0.29, 0.717) is 17.9 Å². The van der Waals surface area contributed by atoms with Gasteiger partial charge in [-0.25, -0.2) is 8.42 Å². The molecule has 1 aromatic rings. The lowest BCUT2D eigenvalue weighted by Gasteiger charge is -2.11. The van der Waals surface area contributed by atoms with E-state index in [2.05, 4.69) is 4.72 Å². The summed E-state index contributed by atoms with van der Waals surface area (Å²) in [7, 11) is -1.94. The Morgan fingerprint density at radius 1 is 1.47 bits per heavy atom. The molecule has 1 saturated carbocycles. The van der Waals surface area contributed by atoms with Crippen LogP contribution in [0, 0.1) is 5.92 Å². The minimum atomic E-state index is -3.38. The molecule has 19 heavy (non-hydrogen) atoms. The smallest absolute Gasteiger partial charge is 0.307 e. The van der Waals surface area contributed by atoms with Crippen molar-refractivity contribution in [2.45, 2.75) is 12.3 Å². The van der Waals surface area contributed by atoms with Gasteiger partial charge in [0, 0.05) is 0 Å². The van der Waals surface area contributed by atoms with Crippen LogP contribution in [0.4, 0.5) is 5.69 Å². The van der Waals surface area contributed by atoms with Gasteiger partial charge in [-0.3, -0.25) is 9.52 Å². The van der Waals surface area contributed by atoms with Gasteiger partial charge >= 0.3 is 5.97 Å². The highest BCUT2D eigenvalue weighted by molar-refractivity contribution is 7.92. The molecule has 2 N–H and O–H groups in total. The van der Waals surface area contributed by atoms with Crippen molar-refractivity contribution in [3.8, 4) is 5.75 Å². The van der Waals surface area contributed by atoms with Gasteiger partial charge in [-0.05, 0) is 30.0 Å². The van der Waals surface area contributed by atoms with Gasteiger partial charge in [-0.1, -0.05) is 6.07 Å². The highest BCUT2D eigenvalue weighted by atomic mass is 32.2. The van der Waals surface area contributed by atoms with Crippen molar-refractivity contribution in [2.75, 3.05) is 18.1 Å². The first kappa shape index (κ1) is 13.7. The molecular formula is C12H15NO5S. The standard InChI is InChI=1S/C12H15NO5S/c1-18-11-5-7(8-6-9(8)12(14)15)3-4-10(11)13-19(2,16)17/h3-5,8-9,13H,6H2,1-2H3,(H,14,15)/t8-,9+/m0/s1. The number of carboxylic acids is 1. The summed E-state index contributed by atoms with van der Waals surface area (Å²) in [5.74, 6) is -0.779. The average Bonchev–Trinajstić information content (AvgIpc) is 3.07. The zero-order valence-electron chi connectivity index (χ0n) is 10.6. The van der Waals surface area contributed by atoms with Gasteiger partial charge in [-0.15, -0.1) is 0 Å². The van der Waals surface area contributed by atoms with Gasteiger partial charge < -0.3 is 9.84 Å². The molecule has 1 aliphatic carbocycles. The summed E-state index contributed by atoms with van der Waals surface area (Å²) < 4.78 is 29.9. The van der Waals surface area contributed by atoms with E-state index in [1.807, 2.05) is 0 Å². The van der Waals surface area contributed by atoms with E-state index in [0.717, 1.165) is 11.8 Å². The monoisotopic (exact) mass is 285 g/mol. The van der Waals surface area contributed by atoms with Crippen molar-refractivity contribution in [3.05, 3.63) is 23.8 Å². The normalized spacial score (nSPS) is 21.8. The van der Waals surface area contributed by atoms with Crippen LogP contribution in [-0.4, -0.2) is 32.9 Å². The molecule has 2 rings (SSSR count). The lowest BCUT2D eigenvalue weighted by atomic mass is 10.1. The highest BCUT2D eigenvalue weighted by Gasteiger charge is 2.44. The summed E-state index contributed by atoms with van der Waals surface area (Å²) in [6.07, 6.45) is 1.67. The van der Waals surface area contributed by atoms with Gasteiger partial charge in [0.15, 0.2) is 0 Å². The Balaban J connectivity index is 2.25. The van der Waals surface area contributed by atoms with E-state index in [4.69, 9.17) is 9.84 Å². The Hall–Kier alpha value is -1.76. The molecular weight excluding hydrogens is 270 g/mol. The molecule has 1 fully saturated rings. The number of anilines is 1. The zero-order chi connectivity index (χ0) is 14.2. The van der Waals surface area contributed by atoms with Gasteiger partial charge in [-0.2, -0.15) is 0 Å². The van der Waals surface area contributed by atoms with Gasteiger partial charge in [0.05, 0.1) is 25.0 Å². The zero-order valence-corrected chi connectivity index (χ0v) is 11.4. The second-order valence-corrected chi connectivity index (χ2v) is 6.37. The minimum Gasteiger partial charge on any atom is -0.495 e. The van der Waals surface area contributed by atoms with Gasteiger partial charge in [0.25, 0.3) is 0 Å². The molecule has 0 spiro atoms. The van der Waals surface area contributed by atoms with Crippen LogP contribution >= 0.6 is 0 Å². The van der Waals surface area contributed by atoms with Crippen LogP contribution in [0.1, 0.15) is 17.9 Å². The third kappa shape index (κ3) is 3.17. The number of methoxy groups -OCH3 is 1. The second-order valence-electron chi connectivity index (χ2n) is 4.62. The first-order chi connectivity index (χ1) is 8.81. The predicted octanol–water partition coefficient (Wildman–Crippen LogP) is 1.25. The van der Waals surface area contributed by atoms with E-state index in [9.17, 15) is 13.2 Å². The summed E-state index contributed by atoms with van der Waals surface area (Å²) >= 11 is 0. The molecule has 7 heteroatoms. The Kier molecular flexibility index (Phi) is 3.40. The van der Waals surface area contributed by atoms with E-state index in [1.165, 1.54) is 7.11 Å². The number of carboxylic acid groups (broad SMARTS) is 1. The average molecular weight is 285 g/mol. The summed E-state index contributed by atoms with van der Waals surface area (Å²) in [5, 5.41) is 8.90. The van der Waals surface area contributed by atoms with E-state index in [-0.39, 0.29) is 11.8 Å². The number of hydrogen-bond acceptors (Lipinski definition) is 4. The Morgan fingerprint density at radius 3 is 2.63 bits per heavy atom. The first-order valence-corrected chi connectivity index (χ1v) is 7.59. The molecule has 1 aliphatic rings. The van der Waals surface area contributed by atoms with Crippen LogP contribution in [-0.2, 0) is 14.8 Å². The van der Waals surface area contributed by atoms with Crippen LogP contribution in [0.3, 0.4) is 0 Å². The third-order valence-corrected chi connectivity index (χ3v) is 3.65. The Bertz CT molecular complexity index is 611. The SMILES string of the molecule is COc1cc([C@@H]2C[C@H]2C(=O)O)ccc1NS(C)(=O)=O. The van der Waals surface area contributed by atoms with Crippen LogP contribution in [0.25, 0.3) is 0 Å². The molecule has 0 unspecified atom stereocenters. The molecule has 104 valence electrons. The number of nitrogens with one attached hydrogen (secondary N) is 1. The van der Waals surface area contributed by atoms with Gasteiger partial charge in [0.1, 0.15) is 5.75 Å². The number of benzene rings is 1. The Labute approximate surface area is 111 Å². The summed E-state index contributed by atoms with van der Waals surface area (Å²) in [5.41, 5.74) is 1.20. The number of aliphatic carboxylic acids is 1. The topological polar surface area (TPSA) is 92.7 Å². The summed E-state index contributed by atoms with van der Waals surface area (Å²) in [6, 6.07) is 5.00. The highest BCUT2D eigenvalue weighted by Crippen LogP contribution is 2.48. The van der Waals surface area contributed by atoms with Crippen molar-refractivity contribution in [2.24, 2.45) is 5.92 Å². The fourth-order valence-corrected chi connectivity index (χ4v) is 2.63. The summed E-state index contributed by atoms with van der Waals surface area (Å²) in [6.45, 7) is 0. The van der Waals surface area contributed by atoms with Crippen molar-refractivity contribution in [1.82, 2.24) is 0 Å². The first-order valence-electron chi connectivity index (χ1n) is 5.70. The molecule has 0 aliphatic heterocycles. The van der Waals surface area contributed by atoms with E-state index < -0.39 is 16.0 Å². The van der Waals surface area contributed by atoms with E-state index >= 15 is 0 Å². The molecule has 0 saturated heterocycles. The lowest BCUT2D eigenvalue weighted by Crippen LogP contribution is -2.10. The van der Waals surface area contributed by atoms with E-state index in [1.54, 1.807) is 18.2 Å². The quantitative estimate of drug-likeness (QED) is 0.849. The van der Waals surface area contributed by atoms with Crippen molar-refractivity contribution in [1.29, 1.82) is 0 Å². The minimum absolute atomic E-state index is 0.0151. The molecule has 0 bridgehead atoms. The van der Waals surface area contributed by atoms with Crippen molar-refractivity contribution in [3.63, 3.8) is 0 Å². The molecule has 2 atom stereocenters. The molecule has 0 radical (unpaired) electrons. The molecule has 6 nitrogen and oxygen atoms in total. The number of carbonyl (C=O) groups is 1. The maximum Gasteiger partial charge on any atom is 0.307 e. The largest absolute Gasteiger partial charge is 0.495 e. The van der Waals surface area contributed by atoms with Crippen LogP contribution in [0.2, 0.25) is 0 Å². The second kappa shape index (κ2) is 4.73. The molecule has 0 amide bonds. The third-order valence-electron chi connectivity index (χ3n) is 3.06. The fourth-order valence-electron chi connectivity index (χ4n) is 2.06. The fraction of sp³-hybridized carbons (Fsp3) is 0.417. The number of ether oxygens (including phenoxy) is 1. The molecule has 0 heterocycles. The van der Waals surface area contributed by atoms with Crippen LogP contribution < -0.4 is 9.46 Å².